The van der Waals surface area contributed by atoms with Crippen LogP contribution in [-0.4, -0.2) is 54.0 Å². The lowest BCUT2D eigenvalue weighted by Crippen LogP contribution is -2.38. The number of nitrogens with one attached hydrogen (secondary N) is 1. The van der Waals surface area contributed by atoms with Gasteiger partial charge in [-0.15, -0.1) is 0 Å². The van der Waals surface area contributed by atoms with Gasteiger partial charge in [0.1, 0.15) is 12.4 Å². The maximum atomic E-state index is 13.2. The minimum absolute atomic E-state index is 0.0836. The molecule has 1 saturated heterocycles. The fraction of sp³-hybridized carbons (Fsp3) is 0.571. The summed E-state index contributed by atoms with van der Waals surface area (Å²) in [5.74, 6) is 2.49. The molecule has 4 heterocycles. The van der Waals surface area contributed by atoms with Crippen LogP contribution in [0.1, 0.15) is 72.0 Å². The van der Waals surface area contributed by atoms with Crippen LogP contribution in [0.15, 0.2) is 23.0 Å². The number of nitrogens with zero attached hydrogens (tertiary/aromatic N) is 6. The van der Waals surface area contributed by atoms with E-state index in [-0.39, 0.29) is 17.2 Å². The molecule has 30 heavy (non-hydrogen) atoms. The van der Waals surface area contributed by atoms with Crippen LogP contribution >= 0.6 is 0 Å². The molecule has 5 rings (SSSR count). The monoisotopic (exact) mass is 409 g/mol. The van der Waals surface area contributed by atoms with E-state index >= 15 is 0 Å². The van der Waals surface area contributed by atoms with Gasteiger partial charge in [0.25, 0.3) is 5.91 Å². The molecule has 2 fully saturated rings. The Kier molecular flexibility index (Phi) is 4.67. The Bertz CT molecular complexity index is 1050. The lowest BCUT2D eigenvalue weighted by molar-refractivity contribution is 0.0714. The third-order valence-corrected chi connectivity index (χ3v) is 6.49. The van der Waals surface area contributed by atoms with E-state index in [2.05, 4.69) is 27.4 Å². The summed E-state index contributed by atoms with van der Waals surface area (Å²) in [6.07, 6.45) is 9.07. The van der Waals surface area contributed by atoms with Crippen molar-refractivity contribution in [1.29, 1.82) is 0 Å². The molecule has 0 bridgehead atoms. The van der Waals surface area contributed by atoms with Crippen molar-refractivity contribution < 1.29 is 9.32 Å². The smallest absolute Gasteiger partial charge is 0.276 e. The van der Waals surface area contributed by atoms with E-state index < -0.39 is 0 Å². The van der Waals surface area contributed by atoms with Gasteiger partial charge in [0.05, 0.1) is 6.20 Å². The van der Waals surface area contributed by atoms with Gasteiger partial charge >= 0.3 is 0 Å². The molecule has 1 unspecified atom stereocenters. The van der Waals surface area contributed by atoms with Gasteiger partial charge in [-0.05, 0) is 37.2 Å². The fourth-order valence-electron chi connectivity index (χ4n) is 4.79. The number of H-pyrrole nitrogens is 1. The summed E-state index contributed by atoms with van der Waals surface area (Å²) < 4.78 is 7.18. The molecule has 3 aromatic rings. The fourth-order valence-corrected chi connectivity index (χ4v) is 4.79. The van der Waals surface area contributed by atoms with E-state index in [1.165, 1.54) is 6.42 Å². The second kappa shape index (κ2) is 7.37. The highest BCUT2D eigenvalue weighted by Crippen LogP contribution is 2.55. The highest BCUT2D eigenvalue weighted by molar-refractivity contribution is 5.92. The first-order valence-corrected chi connectivity index (χ1v) is 10.7. The molecule has 0 radical (unpaired) electrons. The minimum Gasteiger partial charge on any atom is -0.359 e. The molecule has 0 aromatic carbocycles. The number of aromatic amines is 1. The molecular weight excluding hydrogens is 382 g/mol. The molecule has 3 aromatic heterocycles. The van der Waals surface area contributed by atoms with Crippen molar-refractivity contribution in [1.82, 2.24) is 35.0 Å². The average Bonchev–Trinajstić information content (AvgIpc) is 3.46. The molecule has 1 amide bonds. The van der Waals surface area contributed by atoms with Crippen LogP contribution in [0, 0.1) is 12.3 Å². The number of rotatable bonds is 6. The van der Waals surface area contributed by atoms with Gasteiger partial charge < -0.3 is 9.42 Å². The van der Waals surface area contributed by atoms with Crippen molar-refractivity contribution in [3.63, 3.8) is 0 Å². The van der Waals surface area contributed by atoms with Gasteiger partial charge in [0.2, 0.25) is 0 Å². The van der Waals surface area contributed by atoms with E-state index in [4.69, 9.17) is 9.51 Å². The van der Waals surface area contributed by atoms with Gasteiger partial charge in [-0.25, -0.2) is 4.98 Å². The number of hydrogen-bond acceptors (Lipinski definition) is 6. The molecule has 1 atom stereocenters. The molecule has 1 spiro atoms. The van der Waals surface area contributed by atoms with Crippen LogP contribution in [0.2, 0.25) is 0 Å². The molecule has 2 aliphatic rings. The topological polar surface area (TPSA) is 106 Å². The Labute approximate surface area is 174 Å². The third-order valence-electron chi connectivity index (χ3n) is 6.49. The van der Waals surface area contributed by atoms with Crippen LogP contribution in [0.4, 0.5) is 0 Å². The van der Waals surface area contributed by atoms with E-state index in [0.717, 1.165) is 49.4 Å². The first-order chi connectivity index (χ1) is 14.6. The van der Waals surface area contributed by atoms with Crippen LogP contribution in [0.3, 0.4) is 0 Å². The largest absolute Gasteiger partial charge is 0.359 e. The van der Waals surface area contributed by atoms with Crippen molar-refractivity contribution >= 4 is 5.91 Å². The summed E-state index contributed by atoms with van der Waals surface area (Å²) in [5, 5.41) is 15.9. The van der Waals surface area contributed by atoms with Crippen molar-refractivity contribution in [3.05, 3.63) is 47.1 Å². The second-order valence-electron chi connectivity index (χ2n) is 8.74. The Hall–Kier alpha value is -2.97. The average molecular weight is 409 g/mol. The maximum absolute atomic E-state index is 13.2. The van der Waals surface area contributed by atoms with E-state index in [9.17, 15) is 4.79 Å². The summed E-state index contributed by atoms with van der Waals surface area (Å²) >= 11 is 0. The highest BCUT2D eigenvalue weighted by atomic mass is 16.5. The number of amides is 1. The third kappa shape index (κ3) is 3.32. The van der Waals surface area contributed by atoms with Crippen molar-refractivity contribution in [2.24, 2.45) is 5.41 Å². The van der Waals surface area contributed by atoms with Crippen LogP contribution in [0.25, 0.3) is 0 Å². The lowest BCUT2D eigenvalue weighted by atomic mass is 9.62. The van der Waals surface area contributed by atoms with Crippen molar-refractivity contribution in [2.75, 3.05) is 13.1 Å². The molecule has 9 nitrogen and oxygen atoms in total. The van der Waals surface area contributed by atoms with Gasteiger partial charge in [-0.2, -0.15) is 10.2 Å². The molecule has 1 N–H and O–H groups in total. The van der Waals surface area contributed by atoms with Crippen molar-refractivity contribution in [2.45, 2.75) is 58.4 Å². The maximum Gasteiger partial charge on any atom is 0.276 e. The zero-order valence-corrected chi connectivity index (χ0v) is 17.5. The van der Waals surface area contributed by atoms with Crippen LogP contribution in [-0.2, 0) is 13.0 Å². The van der Waals surface area contributed by atoms with Crippen molar-refractivity contribution in [3.8, 4) is 0 Å². The number of hydrogen-bond donors (Lipinski definition) is 1. The molecule has 1 aliphatic heterocycles. The quantitative estimate of drug-likeness (QED) is 0.671. The Balaban J connectivity index is 1.31. The van der Waals surface area contributed by atoms with Crippen LogP contribution in [0.5, 0.6) is 0 Å². The van der Waals surface area contributed by atoms with Gasteiger partial charge in [-0.3, -0.25) is 14.6 Å². The highest BCUT2D eigenvalue weighted by Gasteiger charge is 2.53. The molecule has 1 saturated carbocycles. The zero-order chi connectivity index (χ0) is 20.7. The standard InChI is InChI=1S/C21H27N7O2/c1-3-5-18-23-19(25-24-18)16-12-27(13-21(16)6-4-7-21)20(29)17-8-15(30-26-17)11-28-10-14(2)9-22-28/h8-10,16H,3-7,11-13H2,1-2H3,(H,23,24,25). The summed E-state index contributed by atoms with van der Waals surface area (Å²) in [4.78, 5) is 19.8. The first kappa shape index (κ1) is 19.0. The molecule has 9 heteroatoms. The minimum atomic E-state index is -0.0836. The number of carbonyl (C=O) groups is 1. The Morgan fingerprint density at radius 1 is 1.40 bits per heavy atom. The summed E-state index contributed by atoms with van der Waals surface area (Å²) in [5.41, 5.74) is 1.53. The number of likely N-dealkylation sites (tertiary alicyclic amines) is 1. The molecule has 1 aliphatic carbocycles. The number of carbonyl (C=O) groups excluding carboxylic acids is 1. The predicted molar refractivity (Wildman–Crippen MR) is 108 cm³/mol. The summed E-state index contributed by atoms with van der Waals surface area (Å²) in [7, 11) is 0. The molecular formula is C21H27N7O2. The number of aromatic nitrogens is 6. The van der Waals surface area contributed by atoms with E-state index in [1.54, 1.807) is 16.9 Å². The summed E-state index contributed by atoms with van der Waals surface area (Å²) in [6.45, 7) is 5.93. The van der Waals surface area contributed by atoms with E-state index in [1.807, 2.05) is 18.0 Å². The predicted octanol–water partition coefficient (Wildman–Crippen LogP) is 2.71. The van der Waals surface area contributed by atoms with Gasteiger partial charge in [0.15, 0.2) is 17.3 Å². The zero-order valence-electron chi connectivity index (χ0n) is 17.5. The van der Waals surface area contributed by atoms with E-state index in [0.29, 0.717) is 24.5 Å². The Morgan fingerprint density at radius 3 is 2.97 bits per heavy atom. The first-order valence-electron chi connectivity index (χ1n) is 10.7. The molecule has 158 valence electrons. The lowest BCUT2D eigenvalue weighted by Gasteiger charge is -2.41. The van der Waals surface area contributed by atoms with Gasteiger partial charge in [0, 0.05) is 37.7 Å². The Morgan fingerprint density at radius 2 is 2.27 bits per heavy atom. The summed E-state index contributed by atoms with van der Waals surface area (Å²) in [6, 6.07) is 1.73. The SMILES string of the molecule is CCCc1nc(C2CN(C(=O)c3cc(Cn4cc(C)cn4)on3)CC23CCC3)n[nH]1. The number of aryl methyl sites for hydroxylation is 2. The van der Waals surface area contributed by atoms with Crippen LogP contribution < -0.4 is 0 Å². The normalized spacial score (nSPS) is 20.1. The second-order valence-corrected chi connectivity index (χ2v) is 8.74. The van der Waals surface area contributed by atoms with Gasteiger partial charge in [-0.1, -0.05) is 18.5 Å².